The number of aromatic nitrogens is 4. The first-order valence-electron chi connectivity index (χ1n) is 34.7. The highest BCUT2D eigenvalue weighted by atomic mass is 35.5. The Morgan fingerprint density at radius 3 is 0.991 bits per heavy atom. The molecule has 3 amide bonds. The lowest BCUT2D eigenvalue weighted by Crippen LogP contribution is -2.31. The number of aryl methyl sites for hydroxylation is 9. The fraction of sp³-hybridized carbons (Fsp3) is 0.181. The van der Waals surface area contributed by atoms with Crippen molar-refractivity contribution in [2.45, 2.75) is 94.8 Å². The van der Waals surface area contributed by atoms with Crippen LogP contribution in [0.5, 0.6) is 28.7 Å². The van der Waals surface area contributed by atoms with Crippen molar-refractivity contribution in [2.75, 3.05) is 19.8 Å². The van der Waals surface area contributed by atoms with E-state index < -0.39 is 47.8 Å². The van der Waals surface area contributed by atoms with Gasteiger partial charge in [-0.25, -0.2) is 39.4 Å². The van der Waals surface area contributed by atoms with Crippen LogP contribution in [0, 0.1) is 41.5 Å². The summed E-state index contributed by atoms with van der Waals surface area (Å²) in [5, 5.41) is 4.77. The van der Waals surface area contributed by atoms with Crippen molar-refractivity contribution >= 4 is 115 Å². The van der Waals surface area contributed by atoms with Crippen molar-refractivity contribution in [2.24, 2.45) is 0 Å². The van der Waals surface area contributed by atoms with Crippen LogP contribution in [0.4, 0.5) is 0 Å². The van der Waals surface area contributed by atoms with Crippen molar-refractivity contribution in [1.82, 2.24) is 34.1 Å². The van der Waals surface area contributed by atoms with Crippen molar-refractivity contribution in [3.8, 4) is 28.7 Å². The fourth-order valence-electron chi connectivity index (χ4n) is 12.4. The van der Waals surface area contributed by atoms with Crippen molar-refractivity contribution in [3.05, 3.63) is 301 Å². The van der Waals surface area contributed by atoms with Crippen LogP contribution in [0.2, 0.25) is 15.1 Å². The standard InChI is InChI=1S/C32H29ClN2O5S.C26H25ClN2O4S.C25H24ClN3O4S/c1-21-19-25(20-22(2)30(21)33)39-18-8-12-28-27-11-6-7-13-29(27)34-31(28)32(36)35-41(37,38)26-16-14-24(15-17-26)40-23-9-4-3-5-10-23;1-17-15-19(16-18(2)24(17)27)33-14-8-12-22-21-11-6-7-13-23(21)28-25(22)26(30)29-34(31,32)20-9-4-3-5-10-20;1-16-13-18(14-17(2)23(16)26)33-12-6-9-21-20-8-3-4-10-22(20)28-24(21)25(30)29-34(31,32)19-7-5-11-27-15-19/h3-7,9-11,13-17,19-20,34H,8,12,18H2,1-2H3,(H,35,36);3-7,9-11,13,15-16,28H,8,12,14H2,1-2H3,(H,29,30);3-5,7-8,10-11,13-15,28H,6,9,12H2,1-2H3,(H,29,30). The van der Waals surface area contributed by atoms with Gasteiger partial charge in [0.2, 0.25) is 0 Å². The Labute approximate surface area is 647 Å². The van der Waals surface area contributed by atoms with Crippen LogP contribution in [0.1, 0.15) is 101 Å². The number of H-pyrrole nitrogens is 3. The Hall–Kier alpha value is -10.9. The quantitative estimate of drug-likeness (QED) is 0.0275. The fourth-order valence-corrected chi connectivity index (χ4v) is 15.5. The molecule has 9 aromatic carbocycles. The highest BCUT2D eigenvalue weighted by molar-refractivity contribution is 7.90. The van der Waals surface area contributed by atoms with Gasteiger partial charge in [0.15, 0.2) is 0 Å². The van der Waals surface area contributed by atoms with Crippen LogP contribution < -0.4 is 33.1 Å². The summed E-state index contributed by atoms with van der Waals surface area (Å²) in [4.78, 5) is 52.3. The number of rotatable bonds is 26. The third-order valence-corrected chi connectivity index (χ3v) is 23.5. The second kappa shape index (κ2) is 35.4. The first kappa shape index (κ1) is 79.1. The molecule has 0 bridgehead atoms. The van der Waals surface area contributed by atoms with Crippen LogP contribution in [0.25, 0.3) is 32.7 Å². The zero-order valence-corrected chi connectivity index (χ0v) is 65.0. The van der Waals surface area contributed by atoms with Gasteiger partial charge in [-0.2, -0.15) is 0 Å². The van der Waals surface area contributed by atoms with E-state index in [0.29, 0.717) is 69.8 Å². The Morgan fingerprint density at radius 2 is 0.651 bits per heavy atom. The molecule has 13 aromatic rings. The largest absolute Gasteiger partial charge is 0.494 e. The summed E-state index contributed by atoms with van der Waals surface area (Å²) in [5.74, 6) is 1.17. The van der Waals surface area contributed by atoms with Gasteiger partial charge in [-0.05, 0) is 245 Å². The van der Waals surface area contributed by atoms with Gasteiger partial charge in [-0.3, -0.25) is 19.4 Å². The Kier molecular flexibility index (Phi) is 25.7. The molecule has 26 heteroatoms. The van der Waals surface area contributed by atoms with Crippen molar-refractivity contribution in [3.63, 3.8) is 0 Å². The molecule has 13 rings (SSSR count). The number of pyridine rings is 1. The smallest absolute Gasteiger partial charge is 0.281 e. The molecular weight excluding hydrogens is 1510 g/mol. The predicted octanol–water partition coefficient (Wildman–Crippen LogP) is 17.9. The summed E-state index contributed by atoms with van der Waals surface area (Å²) in [6.07, 6.45) is 6.08. The van der Waals surface area contributed by atoms with E-state index >= 15 is 0 Å². The minimum Gasteiger partial charge on any atom is -0.494 e. The van der Waals surface area contributed by atoms with E-state index in [9.17, 15) is 39.6 Å². The molecule has 0 aliphatic heterocycles. The number of amides is 3. The number of hydrogen-bond donors (Lipinski definition) is 6. The molecule has 0 aliphatic carbocycles. The Morgan fingerprint density at radius 1 is 0.358 bits per heavy atom. The van der Waals surface area contributed by atoms with Gasteiger partial charge < -0.3 is 33.9 Å². The highest BCUT2D eigenvalue weighted by Gasteiger charge is 2.28. The second-order valence-electron chi connectivity index (χ2n) is 25.7. The van der Waals surface area contributed by atoms with Crippen LogP contribution >= 0.6 is 34.8 Å². The van der Waals surface area contributed by atoms with E-state index in [4.69, 9.17) is 53.8 Å². The molecule has 4 heterocycles. The minimum atomic E-state index is -4.13. The van der Waals surface area contributed by atoms with Gasteiger partial charge in [-0.1, -0.05) is 126 Å². The van der Waals surface area contributed by atoms with Gasteiger partial charge >= 0.3 is 0 Å². The molecule has 562 valence electrons. The average molecular weight is 1580 g/mol. The molecule has 4 aromatic heterocycles. The second-order valence-corrected chi connectivity index (χ2v) is 31.9. The normalized spacial score (nSPS) is 11.5. The molecule has 109 heavy (non-hydrogen) atoms. The van der Waals surface area contributed by atoms with Crippen LogP contribution in [-0.4, -0.2) is 82.7 Å². The minimum absolute atomic E-state index is 0.0305. The van der Waals surface area contributed by atoms with Gasteiger partial charge in [-0.15, -0.1) is 0 Å². The number of para-hydroxylation sites is 4. The molecule has 20 nitrogen and oxygen atoms in total. The van der Waals surface area contributed by atoms with E-state index in [2.05, 4.69) is 34.1 Å². The lowest BCUT2D eigenvalue weighted by Gasteiger charge is -2.11. The molecule has 0 fully saturated rings. The maximum Gasteiger partial charge on any atom is 0.281 e. The molecule has 6 N–H and O–H groups in total. The van der Waals surface area contributed by atoms with Gasteiger partial charge in [0.05, 0.1) is 29.6 Å². The number of carbonyl (C=O) groups is 3. The third-order valence-electron chi connectivity index (χ3n) is 17.7. The molecule has 0 radical (unpaired) electrons. The summed E-state index contributed by atoms with van der Waals surface area (Å²) in [7, 11) is -12.2. The monoisotopic (exact) mass is 1580 g/mol. The number of aromatic amines is 3. The van der Waals surface area contributed by atoms with Gasteiger partial charge in [0.25, 0.3) is 47.8 Å². The van der Waals surface area contributed by atoms with E-state index in [1.54, 1.807) is 42.5 Å². The molecular formula is C83H78Cl3N7O13S3. The lowest BCUT2D eigenvalue weighted by molar-refractivity contribution is 0.0967. The number of hydrogen-bond acceptors (Lipinski definition) is 14. The first-order chi connectivity index (χ1) is 52.2. The number of fused-ring (bicyclic) bond motifs is 3. The lowest BCUT2D eigenvalue weighted by atomic mass is 10.1. The zero-order chi connectivity index (χ0) is 77.6. The maximum atomic E-state index is 13.3. The van der Waals surface area contributed by atoms with Crippen molar-refractivity contribution in [1.29, 1.82) is 0 Å². The number of sulfonamides is 3. The third kappa shape index (κ3) is 19.9. The predicted molar refractivity (Wildman–Crippen MR) is 427 cm³/mol. The maximum absolute atomic E-state index is 13.3. The molecule has 0 unspecified atom stereocenters. The molecule has 0 saturated heterocycles. The van der Waals surface area contributed by atoms with Gasteiger partial charge in [0, 0.05) is 60.2 Å². The summed E-state index contributed by atoms with van der Waals surface area (Å²) < 4.78 is 107. The number of benzene rings is 9. The number of halogens is 3. The van der Waals surface area contributed by atoms with Crippen LogP contribution in [-0.2, 0) is 49.3 Å². The average Bonchev–Trinajstić information content (AvgIpc) is 1.66. The number of carbonyl (C=O) groups excluding carboxylic acids is 3. The number of ether oxygens (including phenoxy) is 4. The summed E-state index contributed by atoms with van der Waals surface area (Å²) >= 11 is 18.7. The molecule has 0 saturated carbocycles. The van der Waals surface area contributed by atoms with E-state index in [0.717, 1.165) is 115 Å². The summed E-state index contributed by atoms with van der Waals surface area (Å²) in [6, 6.07) is 59.6. The number of nitrogens with one attached hydrogen (secondary N) is 6. The highest BCUT2D eigenvalue weighted by Crippen LogP contribution is 2.33. The Bertz CT molecular complexity index is 5530. The first-order valence-corrected chi connectivity index (χ1v) is 40.3. The van der Waals surface area contributed by atoms with E-state index in [-0.39, 0.29) is 31.8 Å². The summed E-state index contributed by atoms with van der Waals surface area (Å²) in [6.45, 7) is 12.9. The van der Waals surface area contributed by atoms with E-state index in [1.807, 2.05) is 169 Å². The SMILES string of the molecule is Cc1cc(OCCCc2c(C(=O)NS(=O)(=O)c3ccc(Oc4ccccc4)cc3)[nH]c3ccccc23)cc(C)c1Cl.Cc1cc(OCCCc2c(C(=O)NS(=O)(=O)c3ccccc3)[nH]c3ccccc23)cc(C)c1Cl.Cc1cc(OCCCc2c(C(=O)NS(=O)(=O)c3cccnc3)[nH]c3ccccc23)cc(C)c1Cl. The topological polar surface area (TPSA) is 287 Å². The van der Waals surface area contributed by atoms with Crippen LogP contribution in [0.3, 0.4) is 0 Å². The molecule has 0 atom stereocenters. The Balaban J connectivity index is 0.000000163. The molecule has 0 spiro atoms. The summed E-state index contributed by atoms with van der Waals surface area (Å²) in [5.41, 5.74) is 10.8. The van der Waals surface area contributed by atoms with E-state index in [1.165, 1.54) is 48.8 Å². The van der Waals surface area contributed by atoms with Crippen molar-refractivity contribution < 1.29 is 58.6 Å². The molecule has 0 aliphatic rings. The van der Waals surface area contributed by atoms with Gasteiger partial charge in [0.1, 0.15) is 50.7 Å². The zero-order valence-electron chi connectivity index (χ0n) is 60.3. The number of nitrogens with zero attached hydrogens (tertiary/aromatic N) is 1. The van der Waals surface area contributed by atoms with Crippen LogP contribution in [0.15, 0.2) is 233 Å².